The van der Waals surface area contributed by atoms with E-state index in [1.54, 1.807) is 23.1 Å². The Morgan fingerprint density at radius 2 is 2.39 bits per heavy atom. The number of esters is 1. The van der Waals surface area contributed by atoms with Gasteiger partial charge in [0, 0.05) is 16.8 Å². The van der Waals surface area contributed by atoms with E-state index in [-0.39, 0.29) is 5.97 Å². The number of carbonyl (C=O) groups excluding carboxylic acids is 1. The first-order chi connectivity index (χ1) is 8.51. The third kappa shape index (κ3) is 4.26. The number of aromatic nitrogens is 1. The number of thioether (sulfide) groups is 1. The van der Waals surface area contributed by atoms with Crippen LogP contribution in [0.25, 0.3) is 0 Å². The van der Waals surface area contributed by atoms with E-state index < -0.39 is 5.54 Å². The van der Waals surface area contributed by atoms with Crippen molar-refractivity contribution in [2.45, 2.75) is 37.1 Å². The van der Waals surface area contributed by atoms with Gasteiger partial charge in [0.1, 0.15) is 9.88 Å². The molecule has 0 fully saturated rings. The highest BCUT2D eigenvalue weighted by atomic mass is 32.2. The van der Waals surface area contributed by atoms with Crippen molar-refractivity contribution >= 4 is 29.1 Å². The van der Waals surface area contributed by atoms with E-state index in [9.17, 15) is 4.79 Å². The van der Waals surface area contributed by atoms with Crippen LogP contribution >= 0.6 is 23.1 Å². The Morgan fingerprint density at radius 1 is 1.67 bits per heavy atom. The summed E-state index contributed by atoms with van der Waals surface area (Å²) in [6.07, 6.45) is 0.719. The predicted octanol–water partition coefficient (Wildman–Crippen LogP) is 2.47. The highest BCUT2D eigenvalue weighted by molar-refractivity contribution is 8.01. The number of carbonyl (C=O) groups is 1. The summed E-state index contributed by atoms with van der Waals surface area (Å²) in [5.74, 6) is 0.631. The zero-order valence-electron chi connectivity index (χ0n) is 11.3. The third-order valence-electron chi connectivity index (χ3n) is 2.63. The first kappa shape index (κ1) is 15.5. The molecule has 1 aromatic heterocycles. The minimum atomic E-state index is -0.608. The molecule has 1 aromatic rings. The lowest BCUT2D eigenvalue weighted by atomic mass is 9.99. The van der Waals surface area contributed by atoms with Crippen LogP contribution in [0.15, 0.2) is 9.72 Å². The molecule has 1 heterocycles. The van der Waals surface area contributed by atoms with E-state index in [4.69, 9.17) is 4.74 Å². The van der Waals surface area contributed by atoms with Crippen LogP contribution in [0.3, 0.4) is 0 Å². The summed E-state index contributed by atoms with van der Waals surface area (Å²) in [4.78, 5) is 16.1. The molecule has 0 saturated carbocycles. The fraction of sp³-hybridized carbons (Fsp3) is 0.667. The van der Waals surface area contributed by atoms with Crippen LogP contribution < -0.4 is 5.32 Å². The molecule has 0 aromatic carbocycles. The maximum Gasteiger partial charge on any atom is 0.325 e. The summed E-state index contributed by atoms with van der Waals surface area (Å²) in [5, 5.41) is 5.23. The van der Waals surface area contributed by atoms with Crippen molar-refractivity contribution in [3.63, 3.8) is 0 Å². The zero-order chi connectivity index (χ0) is 13.6. The number of ether oxygens (including phenoxy) is 1. The van der Waals surface area contributed by atoms with E-state index in [2.05, 4.69) is 10.3 Å². The second kappa shape index (κ2) is 7.11. The van der Waals surface area contributed by atoms with E-state index in [1.165, 1.54) is 7.11 Å². The van der Waals surface area contributed by atoms with Gasteiger partial charge in [-0.15, -0.1) is 11.3 Å². The van der Waals surface area contributed by atoms with Gasteiger partial charge in [-0.3, -0.25) is 4.79 Å². The summed E-state index contributed by atoms with van der Waals surface area (Å²) in [6.45, 7) is 6.60. The number of hydrogen-bond acceptors (Lipinski definition) is 6. The van der Waals surface area contributed by atoms with Crippen molar-refractivity contribution in [2.75, 3.05) is 19.4 Å². The molecule has 0 aliphatic carbocycles. The second-order valence-electron chi connectivity index (χ2n) is 4.21. The summed E-state index contributed by atoms with van der Waals surface area (Å²) in [7, 11) is 1.43. The van der Waals surface area contributed by atoms with Gasteiger partial charge in [-0.1, -0.05) is 18.7 Å². The Bertz CT molecular complexity index is 395. The largest absolute Gasteiger partial charge is 0.468 e. The lowest BCUT2D eigenvalue weighted by Crippen LogP contribution is -2.50. The maximum absolute atomic E-state index is 11.8. The molecule has 1 rings (SSSR count). The zero-order valence-corrected chi connectivity index (χ0v) is 12.9. The predicted molar refractivity (Wildman–Crippen MR) is 76.3 cm³/mol. The van der Waals surface area contributed by atoms with Gasteiger partial charge in [-0.2, -0.15) is 0 Å². The quantitative estimate of drug-likeness (QED) is 0.617. The topological polar surface area (TPSA) is 51.2 Å². The van der Waals surface area contributed by atoms with Crippen molar-refractivity contribution in [3.05, 3.63) is 11.1 Å². The molecule has 1 N–H and O–H groups in total. The number of thiazole rings is 1. The Morgan fingerprint density at radius 3 is 2.89 bits per heavy atom. The summed E-state index contributed by atoms with van der Waals surface area (Å²) >= 11 is 3.32. The van der Waals surface area contributed by atoms with Gasteiger partial charge >= 0.3 is 5.97 Å². The minimum absolute atomic E-state index is 0.208. The molecule has 1 atom stereocenters. The Hall–Kier alpha value is -0.590. The van der Waals surface area contributed by atoms with Gasteiger partial charge in [-0.25, -0.2) is 4.98 Å². The van der Waals surface area contributed by atoms with E-state index in [0.717, 1.165) is 28.8 Å². The van der Waals surface area contributed by atoms with Crippen LogP contribution in [-0.2, 0) is 9.53 Å². The first-order valence-electron chi connectivity index (χ1n) is 5.90. The summed E-state index contributed by atoms with van der Waals surface area (Å²) in [6, 6.07) is 0. The average molecular weight is 288 g/mol. The van der Waals surface area contributed by atoms with Crippen LogP contribution in [0, 0.1) is 6.92 Å². The standard InChI is InChI=1S/C12H20N2O2S2/c1-5-13-12(3,10(15)16-4)6-7-17-11-14-9(2)8-18-11/h8,13H,5-7H2,1-4H3. The Kier molecular flexibility index (Phi) is 6.11. The molecule has 6 heteroatoms. The molecule has 0 aliphatic heterocycles. The van der Waals surface area contributed by atoms with Gasteiger partial charge in [0.15, 0.2) is 0 Å². The molecule has 0 radical (unpaired) electrons. The normalized spacial score (nSPS) is 14.2. The van der Waals surface area contributed by atoms with Gasteiger partial charge in [0.2, 0.25) is 0 Å². The van der Waals surface area contributed by atoms with E-state index in [1.807, 2.05) is 26.2 Å². The highest BCUT2D eigenvalue weighted by Crippen LogP contribution is 2.25. The monoisotopic (exact) mass is 288 g/mol. The molecule has 0 saturated heterocycles. The van der Waals surface area contributed by atoms with Crippen LogP contribution in [0.1, 0.15) is 26.0 Å². The number of rotatable bonds is 7. The molecular formula is C12H20N2O2S2. The molecule has 0 amide bonds. The van der Waals surface area contributed by atoms with Crippen LogP contribution in [0.5, 0.6) is 0 Å². The number of aryl methyl sites for hydroxylation is 1. The number of nitrogens with zero attached hydrogens (tertiary/aromatic N) is 1. The molecule has 0 spiro atoms. The number of methoxy groups -OCH3 is 1. The van der Waals surface area contributed by atoms with Crippen LogP contribution in [0.4, 0.5) is 0 Å². The molecule has 0 aliphatic rings. The highest BCUT2D eigenvalue weighted by Gasteiger charge is 2.32. The SMILES string of the molecule is CCNC(C)(CCSc1nc(C)cs1)C(=O)OC. The van der Waals surface area contributed by atoms with Gasteiger partial charge in [0.25, 0.3) is 0 Å². The van der Waals surface area contributed by atoms with Crippen molar-refractivity contribution in [3.8, 4) is 0 Å². The lowest BCUT2D eigenvalue weighted by molar-refractivity contribution is -0.147. The lowest BCUT2D eigenvalue weighted by Gasteiger charge is -2.27. The van der Waals surface area contributed by atoms with E-state index in [0.29, 0.717) is 0 Å². The molecule has 1 unspecified atom stereocenters. The molecule has 102 valence electrons. The Balaban J connectivity index is 2.49. The molecule has 18 heavy (non-hydrogen) atoms. The van der Waals surface area contributed by atoms with Crippen molar-refractivity contribution < 1.29 is 9.53 Å². The average Bonchev–Trinajstić information content (AvgIpc) is 2.74. The number of likely N-dealkylation sites (N-methyl/N-ethyl adjacent to an activating group) is 1. The maximum atomic E-state index is 11.8. The number of nitrogens with one attached hydrogen (secondary N) is 1. The fourth-order valence-electron chi connectivity index (χ4n) is 1.62. The van der Waals surface area contributed by atoms with Crippen molar-refractivity contribution in [1.82, 2.24) is 10.3 Å². The second-order valence-corrected chi connectivity index (χ2v) is 6.41. The fourth-order valence-corrected chi connectivity index (χ4v) is 3.70. The van der Waals surface area contributed by atoms with Gasteiger partial charge < -0.3 is 10.1 Å². The van der Waals surface area contributed by atoms with Crippen molar-refractivity contribution in [2.24, 2.45) is 0 Å². The smallest absolute Gasteiger partial charge is 0.325 e. The van der Waals surface area contributed by atoms with Gasteiger partial charge in [-0.05, 0) is 26.8 Å². The van der Waals surface area contributed by atoms with Crippen LogP contribution in [0.2, 0.25) is 0 Å². The van der Waals surface area contributed by atoms with E-state index >= 15 is 0 Å². The molecule has 0 bridgehead atoms. The Labute approximate surface area is 117 Å². The third-order valence-corrected chi connectivity index (χ3v) is 4.77. The van der Waals surface area contributed by atoms with Crippen LogP contribution in [-0.4, -0.2) is 35.9 Å². The number of hydrogen-bond donors (Lipinski definition) is 1. The molecule has 4 nitrogen and oxygen atoms in total. The first-order valence-corrected chi connectivity index (χ1v) is 7.76. The summed E-state index contributed by atoms with van der Waals surface area (Å²) < 4.78 is 5.90. The molecular weight excluding hydrogens is 268 g/mol. The van der Waals surface area contributed by atoms with Gasteiger partial charge in [0.05, 0.1) is 7.11 Å². The van der Waals surface area contributed by atoms with Crippen molar-refractivity contribution in [1.29, 1.82) is 0 Å². The summed E-state index contributed by atoms with van der Waals surface area (Å²) in [5.41, 5.74) is 0.438. The minimum Gasteiger partial charge on any atom is -0.468 e.